The predicted molar refractivity (Wildman–Crippen MR) is 120 cm³/mol. The first-order chi connectivity index (χ1) is 16.2. The molecule has 0 spiro atoms. The van der Waals surface area contributed by atoms with Crippen LogP contribution in [0.2, 0.25) is 0 Å². The van der Waals surface area contributed by atoms with Crippen molar-refractivity contribution < 1.29 is 44.7 Å². The van der Waals surface area contributed by atoms with Gasteiger partial charge in [-0.1, -0.05) is 0 Å². The summed E-state index contributed by atoms with van der Waals surface area (Å²) < 4.78 is 0. The summed E-state index contributed by atoms with van der Waals surface area (Å²) in [6.45, 7) is 1.05. The zero-order valence-corrected chi connectivity index (χ0v) is 18.8. The zero-order chi connectivity index (χ0) is 27.6. The van der Waals surface area contributed by atoms with E-state index in [1.165, 1.54) is 19.6 Å². The van der Waals surface area contributed by atoms with E-state index in [1.807, 2.05) is 0 Å². The average Bonchev–Trinajstić information content (AvgIpc) is 3.48. The smallest absolute Gasteiger partial charge is 0.323 e. The Morgan fingerprint density at radius 1 is 0.829 bits per heavy atom. The van der Waals surface area contributed by atoms with E-state index in [9.17, 15) is 19.2 Å². The fourth-order valence-corrected chi connectivity index (χ4v) is 1.65. The number of aromatic amines is 2. The lowest BCUT2D eigenvalue weighted by atomic mass is 10.2. The van der Waals surface area contributed by atoms with Crippen molar-refractivity contribution in [2.45, 2.75) is 44.0 Å². The van der Waals surface area contributed by atoms with Crippen LogP contribution in [0, 0.1) is 0 Å². The normalized spacial score (nSPS) is 13.1. The SMILES string of the molecule is CC(O)C(N)C(=O)O.NC(Cc1cnc[nH]1)C(=O)O.NC(Cc1cnc[nH]1)C(=O)O.NCC(=O)O. The Hall–Kier alpha value is -3.90. The summed E-state index contributed by atoms with van der Waals surface area (Å²) in [6, 6.07) is -2.86. The standard InChI is InChI=1S/2C6H9N3O2.C4H9NO3.C2H5NO2/c2*7-5(6(10)11)1-4-2-8-3-9-4;1-2(6)3(5)4(7)8;3-1-2(4)5/h2*2-3,5H,1,7H2,(H,8,9)(H,10,11);2-3,6H,5H2,1H3,(H,7,8);1,3H2,(H,4,5). The van der Waals surface area contributed by atoms with Crippen molar-refractivity contribution in [1.29, 1.82) is 0 Å². The summed E-state index contributed by atoms with van der Waals surface area (Å²) in [5.41, 5.74) is 21.5. The molecule has 4 atom stereocenters. The van der Waals surface area contributed by atoms with Gasteiger partial charge in [0.25, 0.3) is 0 Å². The molecule has 2 rings (SSSR count). The van der Waals surface area contributed by atoms with Crippen molar-refractivity contribution >= 4 is 23.9 Å². The van der Waals surface area contributed by atoms with E-state index in [-0.39, 0.29) is 19.4 Å². The second-order valence-corrected chi connectivity index (χ2v) is 6.65. The molecule has 2 aromatic rings. The van der Waals surface area contributed by atoms with Gasteiger partial charge >= 0.3 is 23.9 Å². The Balaban J connectivity index is 0. The van der Waals surface area contributed by atoms with Crippen LogP contribution in [0.5, 0.6) is 0 Å². The molecule has 0 saturated carbocycles. The molecular weight excluding hydrogens is 472 g/mol. The molecule has 0 saturated heterocycles. The van der Waals surface area contributed by atoms with Crippen molar-refractivity contribution in [3.63, 3.8) is 0 Å². The van der Waals surface area contributed by atoms with Crippen LogP contribution in [0.15, 0.2) is 25.0 Å². The molecule has 0 radical (unpaired) electrons. The van der Waals surface area contributed by atoms with Gasteiger partial charge in [0.1, 0.15) is 18.1 Å². The van der Waals surface area contributed by atoms with Crippen LogP contribution in [-0.4, -0.2) is 100 Å². The number of imidazole rings is 2. The van der Waals surface area contributed by atoms with Crippen molar-refractivity contribution in [3.05, 3.63) is 36.4 Å². The number of hydrogen-bond acceptors (Lipinski definition) is 11. The van der Waals surface area contributed by atoms with E-state index in [4.69, 9.17) is 42.7 Å². The monoisotopic (exact) mass is 504 g/mol. The van der Waals surface area contributed by atoms with Crippen LogP contribution < -0.4 is 22.9 Å². The minimum absolute atomic E-state index is 0.278. The molecule has 0 aromatic carbocycles. The molecule has 198 valence electrons. The highest BCUT2D eigenvalue weighted by Gasteiger charge is 2.16. The Morgan fingerprint density at radius 3 is 1.31 bits per heavy atom. The summed E-state index contributed by atoms with van der Waals surface area (Å²) in [4.78, 5) is 52.6. The number of aromatic nitrogens is 4. The number of aliphatic carboxylic acids is 4. The van der Waals surface area contributed by atoms with Gasteiger partial charge in [-0.25, -0.2) is 9.97 Å². The number of nitrogens with zero attached hydrogens (tertiary/aromatic N) is 2. The summed E-state index contributed by atoms with van der Waals surface area (Å²) in [7, 11) is 0. The number of aliphatic hydroxyl groups excluding tert-OH is 1. The summed E-state index contributed by atoms with van der Waals surface area (Å²) in [5.74, 6) is -4.15. The average molecular weight is 505 g/mol. The van der Waals surface area contributed by atoms with Crippen molar-refractivity contribution in [3.8, 4) is 0 Å². The van der Waals surface area contributed by atoms with E-state index < -0.39 is 48.1 Å². The number of nitrogens with two attached hydrogens (primary N) is 4. The van der Waals surface area contributed by atoms with Gasteiger partial charge in [-0.3, -0.25) is 19.2 Å². The highest BCUT2D eigenvalue weighted by Crippen LogP contribution is 1.96. The third kappa shape index (κ3) is 18.2. The van der Waals surface area contributed by atoms with Crippen LogP contribution in [-0.2, 0) is 32.0 Å². The zero-order valence-electron chi connectivity index (χ0n) is 18.8. The maximum atomic E-state index is 10.3. The second-order valence-electron chi connectivity index (χ2n) is 6.65. The Labute approximate surface area is 199 Å². The van der Waals surface area contributed by atoms with Crippen LogP contribution in [0.4, 0.5) is 0 Å². The second kappa shape index (κ2) is 18.5. The highest BCUT2D eigenvalue weighted by atomic mass is 16.4. The summed E-state index contributed by atoms with van der Waals surface area (Å²) in [5, 5.41) is 41.0. The van der Waals surface area contributed by atoms with E-state index in [0.29, 0.717) is 0 Å². The molecule has 35 heavy (non-hydrogen) atoms. The molecule has 2 heterocycles. The highest BCUT2D eigenvalue weighted by molar-refractivity contribution is 5.74. The van der Waals surface area contributed by atoms with E-state index in [0.717, 1.165) is 11.4 Å². The predicted octanol–water partition coefficient (Wildman–Crippen LogP) is -3.46. The van der Waals surface area contributed by atoms with Gasteiger partial charge in [-0.05, 0) is 6.92 Å². The third-order valence-corrected chi connectivity index (χ3v) is 3.60. The molecule has 4 unspecified atom stereocenters. The number of rotatable bonds is 9. The first-order valence-corrected chi connectivity index (χ1v) is 9.72. The molecule has 15 N–H and O–H groups in total. The van der Waals surface area contributed by atoms with Gasteiger partial charge in [-0.2, -0.15) is 0 Å². The first-order valence-electron chi connectivity index (χ1n) is 9.72. The third-order valence-electron chi connectivity index (χ3n) is 3.60. The van der Waals surface area contributed by atoms with Crippen molar-refractivity contribution in [2.75, 3.05) is 6.54 Å². The molecule has 0 fully saturated rings. The largest absolute Gasteiger partial charge is 0.480 e. The number of carboxylic acids is 4. The molecule has 0 aliphatic rings. The van der Waals surface area contributed by atoms with Crippen molar-refractivity contribution in [2.24, 2.45) is 22.9 Å². The topological polar surface area (TPSA) is 331 Å². The number of H-pyrrole nitrogens is 2. The molecule has 17 nitrogen and oxygen atoms in total. The van der Waals surface area contributed by atoms with Crippen LogP contribution in [0.25, 0.3) is 0 Å². The Kier molecular flexibility index (Phi) is 17.6. The molecule has 17 heteroatoms. The van der Waals surface area contributed by atoms with Crippen molar-refractivity contribution in [1.82, 2.24) is 19.9 Å². The fourth-order valence-electron chi connectivity index (χ4n) is 1.65. The maximum Gasteiger partial charge on any atom is 0.323 e. The lowest BCUT2D eigenvalue weighted by molar-refractivity contribution is -0.141. The minimum Gasteiger partial charge on any atom is -0.480 e. The van der Waals surface area contributed by atoms with E-state index in [1.54, 1.807) is 12.4 Å². The molecule has 0 aliphatic heterocycles. The van der Waals surface area contributed by atoms with Gasteiger partial charge in [0.15, 0.2) is 0 Å². The number of nitrogens with one attached hydrogen (secondary N) is 2. The van der Waals surface area contributed by atoms with Gasteiger partial charge in [0, 0.05) is 36.6 Å². The summed E-state index contributed by atoms with van der Waals surface area (Å²) in [6.07, 6.45) is 5.69. The van der Waals surface area contributed by atoms with Crippen LogP contribution in [0.3, 0.4) is 0 Å². The molecular formula is C18H32N8O9. The van der Waals surface area contributed by atoms with Gasteiger partial charge in [-0.15, -0.1) is 0 Å². The summed E-state index contributed by atoms with van der Waals surface area (Å²) >= 11 is 0. The fraction of sp³-hybridized carbons (Fsp3) is 0.444. The quantitative estimate of drug-likeness (QED) is 0.158. The number of hydrogen-bond donors (Lipinski definition) is 11. The van der Waals surface area contributed by atoms with E-state index >= 15 is 0 Å². The minimum atomic E-state index is -1.18. The van der Waals surface area contributed by atoms with Crippen LogP contribution >= 0.6 is 0 Å². The Morgan fingerprint density at radius 2 is 1.17 bits per heavy atom. The molecule has 0 bridgehead atoms. The lowest BCUT2D eigenvalue weighted by Crippen LogP contribution is -2.39. The van der Waals surface area contributed by atoms with Gasteiger partial charge in [0.2, 0.25) is 0 Å². The number of carbonyl (C=O) groups is 4. The van der Waals surface area contributed by atoms with Crippen LogP contribution in [0.1, 0.15) is 18.3 Å². The Bertz CT molecular complexity index is 807. The number of carboxylic acid groups (broad SMARTS) is 4. The first kappa shape index (κ1) is 33.3. The molecule has 0 amide bonds. The molecule has 0 aliphatic carbocycles. The van der Waals surface area contributed by atoms with Gasteiger partial charge < -0.3 is 58.4 Å². The molecule has 2 aromatic heterocycles. The number of aliphatic hydroxyl groups is 1. The maximum absolute atomic E-state index is 10.3. The van der Waals surface area contributed by atoms with E-state index in [2.05, 4.69) is 25.7 Å². The lowest BCUT2D eigenvalue weighted by Gasteiger charge is -2.06. The van der Waals surface area contributed by atoms with Gasteiger partial charge in [0.05, 0.1) is 25.3 Å².